The molecule has 0 atom stereocenters. The lowest BCUT2D eigenvalue weighted by Crippen LogP contribution is -2.23. The van der Waals surface area contributed by atoms with Crippen LogP contribution in [0.4, 0.5) is 0 Å². The van der Waals surface area contributed by atoms with Gasteiger partial charge in [-0.25, -0.2) is 0 Å². The van der Waals surface area contributed by atoms with Gasteiger partial charge in [-0.2, -0.15) is 0 Å². The molecule has 0 radical (unpaired) electrons. The first-order valence-electron chi connectivity index (χ1n) is 6.52. The van der Waals surface area contributed by atoms with Crippen molar-refractivity contribution in [3.05, 3.63) is 81.1 Å². The lowest BCUT2D eigenvalue weighted by Gasteiger charge is -2.09. The topological polar surface area (TPSA) is 39.1 Å². The minimum absolute atomic E-state index is 0.0435. The van der Waals surface area contributed by atoms with Gasteiger partial charge >= 0.3 is 0 Å². The molecule has 0 amide bonds. The summed E-state index contributed by atoms with van der Waals surface area (Å²) < 4.78 is 2.43. The maximum absolute atomic E-state index is 12.3. The summed E-state index contributed by atoms with van der Waals surface area (Å²) in [6, 6.07) is 18.0. The van der Waals surface area contributed by atoms with Crippen LogP contribution in [-0.2, 0) is 6.54 Å². The standard InChI is InChI=1S/C17H12BrNO2/c18-14-8-5-13(6-9-14)16(20)11-19-15-4-2-1-3-12(15)7-10-17(19)21/h1-10H,11H2. The number of carbonyl (C=O) groups excluding carboxylic acids is 1. The minimum Gasteiger partial charge on any atom is -0.300 e. The monoisotopic (exact) mass is 341 g/mol. The molecule has 4 heteroatoms. The molecule has 0 N–H and O–H groups in total. The Hall–Kier alpha value is -2.20. The molecule has 0 aliphatic heterocycles. The van der Waals surface area contributed by atoms with Gasteiger partial charge in [-0.05, 0) is 29.7 Å². The normalized spacial score (nSPS) is 10.7. The van der Waals surface area contributed by atoms with E-state index >= 15 is 0 Å². The van der Waals surface area contributed by atoms with Gasteiger partial charge in [-0.3, -0.25) is 9.59 Å². The third kappa shape index (κ3) is 2.81. The number of halogens is 1. The van der Waals surface area contributed by atoms with E-state index in [1.807, 2.05) is 36.4 Å². The molecule has 0 aliphatic rings. The quantitative estimate of drug-likeness (QED) is 0.682. The van der Waals surface area contributed by atoms with Crippen molar-refractivity contribution in [3.63, 3.8) is 0 Å². The number of hydrogen-bond donors (Lipinski definition) is 0. The third-order valence-corrected chi connectivity index (χ3v) is 3.90. The maximum Gasteiger partial charge on any atom is 0.251 e. The molecule has 3 rings (SSSR count). The molecule has 21 heavy (non-hydrogen) atoms. The molecule has 0 saturated carbocycles. The van der Waals surface area contributed by atoms with Crippen LogP contribution in [0.1, 0.15) is 10.4 Å². The first-order valence-corrected chi connectivity index (χ1v) is 7.32. The molecule has 2 aromatic carbocycles. The van der Waals surface area contributed by atoms with Crippen molar-refractivity contribution in [2.45, 2.75) is 6.54 Å². The third-order valence-electron chi connectivity index (χ3n) is 3.37. The van der Waals surface area contributed by atoms with Gasteiger partial charge < -0.3 is 4.57 Å². The summed E-state index contributed by atoms with van der Waals surface area (Å²) in [7, 11) is 0. The number of ketones is 1. The number of nitrogens with zero attached hydrogens (tertiary/aromatic N) is 1. The van der Waals surface area contributed by atoms with Gasteiger partial charge in [-0.1, -0.05) is 46.3 Å². The van der Waals surface area contributed by atoms with Crippen LogP contribution >= 0.6 is 15.9 Å². The van der Waals surface area contributed by atoms with Crippen LogP contribution in [0.2, 0.25) is 0 Å². The second-order valence-electron chi connectivity index (χ2n) is 4.75. The van der Waals surface area contributed by atoms with Crippen molar-refractivity contribution >= 4 is 32.6 Å². The zero-order chi connectivity index (χ0) is 14.8. The fourth-order valence-electron chi connectivity index (χ4n) is 2.28. The van der Waals surface area contributed by atoms with Crippen LogP contribution in [0.3, 0.4) is 0 Å². The zero-order valence-electron chi connectivity index (χ0n) is 11.1. The summed E-state index contributed by atoms with van der Waals surface area (Å²) in [5.41, 5.74) is 1.20. The second-order valence-corrected chi connectivity index (χ2v) is 5.66. The number of pyridine rings is 1. The van der Waals surface area contributed by atoms with Crippen LogP contribution in [0, 0.1) is 0 Å². The Kier molecular flexibility index (Phi) is 3.71. The SMILES string of the molecule is O=C(Cn1c(=O)ccc2ccccc21)c1ccc(Br)cc1. The highest BCUT2D eigenvalue weighted by molar-refractivity contribution is 9.10. The molecular weight excluding hydrogens is 330 g/mol. The van der Waals surface area contributed by atoms with E-state index in [0.29, 0.717) is 5.56 Å². The van der Waals surface area contributed by atoms with Gasteiger partial charge in [0.25, 0.3) is 5.56 Å². The lowest BCUT2D eigenvalue weighted by molar-refractivity contribution is 0.0972. The van der Waals surface area contributed by atoms with Crippen molar-refractivity contribution in [2.75, 3.05) is 0 Å². The smallest absolute Gasteiger partial charge is 0.251 e. The van der Waals surface area contributed by atoms with E-state index in [2.05, 4.69) is 15.9 Å². The second kappa shape index (κ2) is 5.66. The molecule has 104 valence electrons. The van der Waals surface area contributed by atoms with Crippen molar-refractivity contribution in [2.24, 2.45) is 0 Å². The van der Waals surface area contributed by atoms with Crippen LogP contribution in [0.25, 0.3) is 10.9 Å². The van der Waals surface area contributed by atoms with Gasteiger partial charge in [0.15, 0.2) is 5.78 Å². The summed E-state index contributed by atoms with van der Waals surface area (Å²) in [4.78, 5) is 24.4. The summed E-state index contributed by atoms with van der Waals surface area (Å²) in [5.74, 6) is -0.0825. The van der Waals surface area contributed by atoms with Gasteiger partial charge in [0.05, 0.1) is 12.1 Å². The Morgan fingerprint density at radius 3 is 2.43 bits per heavy atom. The number of hydrogen-bond acceptors (Lipinski definition) is 2. The van der Waals surface area contributed by atoms with E-state index in [0.717, 1.165) is 15.4 Å². The van der Waals surface area contributed by atoms with Gasteiger partial charge in [0.2, 0.25) is 0 Å². The molecule has 0 unspecified atom stereocenters. The number of Topliss-reactive ketones (excluding diaryl/α,β-unsaturated/α-hetero) is 1. The van der Waals surface area contributed by atoms with E-state index < -0.39 is 0 Å². The van der Waals surface area contributed by atoms with Gasteiger partial charge in [0, 0.05) is 16.1 Å². The van der Waals surface area contributed by atoms with Gasteiger partial charge in [-0.15, -0.1) is 0 Å². The molecule has 0 bridgehead atoms. The largest absolute Gasteiger partial charge is 0.300 e. The highest BCUT2D eigenvalue weighted by Gasteiger charge is 2.10. The predicted molar refractivity (Wildman–Crippen MR) is 86.7 cm³/mol. The number of carbonyl (C=O) groups is 1. The molecule has 3 aromatic rings. The van der Waals surface area contributed by atoms with Gasteiger partial charge in [0.1, 0.15) is 0 Å². The van der Waals surface area contributed by atoms with E-state index in [1.54, 1.807) is 18.2 Å². The number of benzene rings is 2. The predicted octanol–water partition coefficient (Wildman–Crippen LogP) is 3.65. The molecule has 0 spiro atoms. The molecular formula is C17H12BrNO2. The average molecular weight is 342 g/mol. The average Bonchev–Trinajstić information content (AvgIpc) is 2.51. The Balaban J connectivity index is 2.01. The number of aromatic nitrogens is 1. The first kappa shape index (κ1) is 13.8. The van der Waals surface area contributed by atoms with E-state index in [1.165, 1.54) is 10.6 Å². The number of fused-ring (bicyclic) bond motifs is 1. The molecule has 0 aliphatic carbocycles. The summed E-state index contributed by atoms with van der Waals surface area (Å²) >= 11 is 3.34. The van der Waals surface area contributed by atoms with Crippen molar-refractivity contribution in [1.82, 2.24) is 4.57 Å². The molecule has 3 nitrogen and oxygen atoms in total. The van der Waals surface area contributed by atoms with Crippen molar-refractivity contribution in [1.29, 1.82) is 0 Å². The summed E-state index contributed by atoms with van der Waals surface area (Å²) in [6.45, 7) is 0.0435. The number of rotatable bonds is 3. The van der Waals surface area contributed by atoms with Crippen LogP contribution in [0.15, 0.2) is 69.9 Å². The Bertz CT molecular complexity index is 866. The van der Waals surface area contributed by atoms with Crippen LogP contribution in [-0.4, -0.2) is 10.4 Å². The molecule has 0 saturated heterocycles. The summed E-state index contributed by atoms with van der Waals surface area (Å²) in [6.07, 6.45) is 0. The Morgan fingerprint density at radius 2 is 1.67 bits per heavy atom. The van der Waals surface area contributed by atoms with E-state index in [-0.39, 0.29) is 17.9 Å². The van der Waals surface area contributed by atoms with Crippen LogP contribution in [0.5, 0.6) is 0 Å². The lowest BCUT2D eigenvalue weighted by atomic mass is 10.1. The highest BCUT2D eigenvalue weighted by atomic mass is 79.9. The summed E-state index contributed by atoms with van der Waals surface area (Å²) in [5, 5.41) is 0.945. The molecule has 1 heterocycles. The van der Waals surface area contributed by atoms with Crippen molar-refractivity contribution < 1.29 is 4.79 Å². The van der Waals surface area contributed by atoms with Crippen molar-refractivity contribution in [3.8, 4) is 0 Å². The molecule has 0 fully saturated rings. The number of para-hydroxylation sites is 1. The fraction of sp³-hybridized carbons (Fsp3) is 0.0588. The van der Waals surface area contributed by atoms with E-state index in [4.69, 9.17) is 0 Å². The Morgan fingerprint density at radius 1 is 0.952 bits per heavy atom. The Labute approximate surface area is 130 Å². The highest BCUT2D eigenvalue weighted by Crippen LogP contribution is 2.14. The fourth-order valence-corrected chi connectivity index (χ4v) is 2.54. The first-order chi connectivity index (χ1) is 10.1. The van der Waals surface area contributed by atoms with E-state index in [9.17, 15) is 9.59 Å². The van der Waals surface area contributed by atoms with Crippen LogP contribution < -0.4 is 5.56 Å². The maximum atomic E-state index is 12.3. The minimum atomic E-state index is -0.167. The molecule has 1 aromatic heterocycles. The zero-order valence-corrected chi connectivity index (χ0v) is 12.7.